The van der Waals surface area contributed by atoms with E-state index in [1.807, 2.05) is 4.90 Å². The van der Waals surface area contributed by atoms with E-state index in [0.29, 0.717) is 18.1 Å². The number of pyridine rings is 1. The van der Waals surface area contributed by atoms with Crippen LogP contribution in [0, 0.1) is 0 Å². The molecule has 0 amide bonds. The largest absolute Gasteiger partial charge is 0.355 e. The quantitative estimate of drug-likeness (QED) is 0.741. The molecule has 1 aliphatic heterocycles. The summed E-state index contributed by atoms with van der Waals surface area (Å²) in [5.74, 6) is 1.20. The molecule has 1 aliphatic rings. The van der Waals surface area contributed by atoms with Crippen molar-refractivity contribution in [2.75, 3.05) is 29.5 Å². The Morgan fingerprint density at radius 2 is 1.93 bits per heavy atom. The van der Waals surface area contributed by atoms with Crippen molar-refractivity contribution in [3.05, 3.63) is 23.4 Å². The molecule has 1 saturated heterocycles. The van der Waals surface area contributed by atoms with Crippen LogP contribution in [-0.4, -0.2) is 38.0 Å². The molecule has 0 spiro atoms. The van der Waals surface area contributed by atoms with Crippen LogP contribution in [0.1, 0.15) is 0 Å². The number of nitrogens with zero attached hydrogens (tertiary/aromatic N) is 2. The van der Waals surface area contributed by atoms with Crippen molar-refractivity contribution in [3.63, 3.8) is 0 Å². The maximum atomic E-state index is 11.2. The molecular weight excluding hydrogens is 236 g/mol. The van der Waals surface area contributed by atoms with Crippen LogP contribution in [0.25, 0.3) is 0 Å². The summed E-state index contributed by atoms with van der Waals surface area (Å²) in [4.78, 5) is 6.10. The molecule has 0 bridgehead atoms. The molecule has 0 N–H and O–H groups in total. The molecule has 2 rings (SSSR count). The highest BCUT2D eigenvalue weighted by atomic mass is 35.5. The molecule has 4 nitrogen and oxygen atoms in total. The molecule has 2 heterocycles. The summed E-state index contributed by atoms with van der Waals surface area (Å²) in [6.07, 6.45) is 1.57. The lowest BCUT2D eigenvalue weighted by molar-refractivity contribution is 0.586. The number of rotatable bonds is 1. The highest BCUT2D eigenvalue weighted by Crippen LogP contribution is 2.16. The minimum Gasteiger partial charge on any atom is -0.355 e. The van der Waals surface area contributed by atoms with Crippen LogP contribution in [-0.2, 0) is 9.84 Å². The normalized spacial score (nSPS) is 20.2. The first-order valence-electron chi connectivity index (χ1n) is 4.64. The zero-order chi connectivity index (χ0) is 10.9. The molecule has 0 unspecified atom stereocenters. The lowest BCUT2D eigenvalue weighted by Crippen LogP contribution is -2.40. The molecule has 0 atom stereocenters. The molecule has 0 saturated carbocycles. The van der Waals surface area contributed by atoms with E-state index < -0.39 is 9.84 Å². The number of aromatic nitrogens is 1. The second kappa shape index (κ2) is 3.98. The summed E-state index contributed by atoms with van der Waals surface area (Å²) in [7, 11) is -2.83. The first-order chi connectivity index (χ1) is 7.07. The van der Waals surface area contributed by atoms with Gasteiger partial charge in [0, 0.05) is 19.3 Å². The van der Waals surface area contributed by atoms with Crippen LogP contribution in [0.5, 0.6) is 0 Å². The smallest absolute Gasteiger partial charge is 0.153 e. The van der Waals surface area contributed by atoms with Gasteiger partial charge >= 0.3 is 0 Å². The molecule has 0 radical (unpaired) electrons. The molecule has 6 heteroatoms. The zero-order valence-electron chi connectivity index (χ0n) is 8.06. The Kier molecular flexibility index (Phi) is 2.84. The van der Waals surface area contributed by atoms with Gasteiger partial charge in [0.05, 0.1) is 16.5 Å². The van der Waals surface area contributed by atoms with Crippen molar-refractivity contribution >= 4 is 27.3 Å². The topological polar surface area (TPSA) is 50.3 Å². The first-order valence-corrected chi connectivity index (χ1v) is 6.84. The average Bonchev–Trinajstić information content (AvgIpc) is 2.20. The summed E-state index contributed by atoms with van der Waals surface area (Å²) in [5, 5.41) is 0.586. The molecular formula is C9H11ClN2O2S. The summed E-state index contributed by atoms with van der Waals surface area (Å²) in [6, 6.07) is 3.56. The van der Waals surface area contributed by atoms with Gasteiger partial charge in [-0.3, -0.25) is 0 Å². The Bertz CT molecular complexity index is 430. The Morgan fingerprint density at radius 3 is 2.47 bits per heavy atom. The Balaban J connectivity index is 2.11. The van der Waals surface area contributed by atoms with Crippen LogP contribution >= 0.6 is 11.6 Å². The molecule has 0 aromatic carbocycles. The molecule has 1 aromatic rings. The number of halogens is 1. The van der Waals surface area contributed by atoms with Gasteiger partial charge in [-0.1, -0.05) is 11.6 Å². The van der Waals surface area contributed by atoms with Gasteiger partial charge in [-0.2, -0.15) is 0 Å². The highest BCUT2D eigenvalue weighted by Gasteiger charge is 2.22. The number of anilines is 1. The summed E-state index contributed by atoms with van der Waals surface area (Å²) in [5.41, 5.74) is 0. The van der Waals surface area contributed by atoms with Gasteiger partial charge in [0.15, 0.2) is 9.84 Å². The van der Waals surface area contributed by atoms with E-state index in [4.69, 9.17) is 11.6 Å². The van der Waals surface area contributed by atoms with E-state index in [2.05, 4.69) is 4.98 Å². The highest BCUT2D eigenvalue weighted by molar-refractivity contribution is 7.91. The molecule has 15 heavy (non-hydrogen) atoms. The van der Waals surface area contributed by atoms with Crippen LogP contribution in [0.2, 0.25) is 5.02 Å². The minimum atomic E-state index is -2.83. The van der Waals surface area contributed by atoms with Crippen molar-refractivity contribution in [2.45, 2.75) is 0 Å². The third-order valence-electron chi connectivity index (χ3n) is 2.38. The SMILES string of the molecule is O=S1(=O)CCN(c2ccc(Cl)cn2)CC1. The average molecular weight is 247 g/mol. The molecule has 82 valence electrons. The van der Waals surface area contributed by atoms with Crippen molar-refractivity contribution in [1.29, 1.82) is 0 Å². The van der Waals surface area contributed by atoms with Crippen LogP contribution in [0.4, 0.5) is 5.82 Å². The number of hydrogen-bond acceptors (Lipinski definition) is 4. The lowest BCUT2D eigenvalue weighted by atomic mass is 10.4. The third-order valence-corrected chi connectivity index (χ3v) is 4.21. The van der Waals surface area contributed by atoms with E-state index in [1.165, 1.54) is 0 Å². The fourth-order valence-corrected chi connectivity index (χ4v) is 2.81. The van der Waals surface area contributed by atoms with E-state index >= 15 is 0 Å². The monoisotopic (exact) mass is 246 g/mol. The van der Waals surface area contributed by atoms with E-state index in [9.17, 15) is 8.42 Å². The van der Waals surface area contributed by atoms with Gasteiger partial charge in [0.25, 0.3) is 0 Å². The zero-order valence-corrected chi connectivity index (χ0v) is 9.63. The Hall–Kier alpha value is -0.810. The van der Waals surface area contributed by atoms with Gasteiger partial charge in [-0.15, -0.1) is 0 Å². The van der Waals surface area contributed by atoms with E-state index in [-0.39, 0.29) is 11.5 Å². The minimum absolute atomic E-state index is 0.206. The van der Waals surface area contributed by atoms with Crippen molar-refractivity contribution in [1.82, 2.24) is 4.98 Å². The standard InChI is InChI=1S/C9H11ClN2O2S/c10-8-1-2-9(11-7-8)12-3-5-15(13,14)6-4-12/h1-2,7H,3-6H2. The van der Waals surface area contributed by atoms with Crippen molar-refractivity contribution in [3.8, 4) is 0 Å². The predicted molar refractivity (Wildman–Crippen MR) is 60.1 cm³/mol. The first kappa shape index (κ1) is 10.7. The second-order valence-electron chi connectivity index (χ2n) is 3.47. The second-order valence-corrected chi connectivity index (χ2v) is 6.21. The fraction of sp³-hybridized carbons (Fsp3) is 0.444. The third kappa shape index (κ3) is 2.60. The Morgan fingerprint density at radius 1 is 1.27 bits per heavy atom. The van der Waals surface area contributed by atoms with Crippen molar-refractivity contribution < 1.29 is 8.42 Å². The lowest BCUT2D eigenvalue weighted by Gasteiger charge is -2.27. The van der Waals surface area contributed by atoms with Gasteiger partial charge < -0.3 is 4.90 Å². The fourth-order valence-electron chi connectivity index (χ4n) is 1.50. The maximum absolute atomic E-state index is 11.2. The van der Waals surface area contributed by atoms with Crippen LogP contribution in [0.15, 0.2) is 18.3 Å². The molecule has 1 aromatic heterocycles. The van der Waals surface area contributed by atoms with Gasteiger partial charge in [0.1, 0.15) is 5.82 Å². The van der Waals surface area contributed by atoms with E-state index in [0.717, 1.165) is 5.82 Å². The summed E-state index contributed by atoms with van der Waals surface area (Å²) in [6.45, 7) is 1.02. The summed E-state index contributed by atoms with van der Waals surface area (Å²) >= 11 is 5.72. The Labute approximate surface area is 93.8 Å². The predicted octanol–water partition coefficient (Wildman–Crippen LogP) is 0.970. The van der Waals surface area contributed by atoms with Crippen LogP contribution in [0.3, 0.4) is 0 Å². The van der Waals surface area contributed by atoms with E-state index in [1.54, 1.807) is 18.3 Å². The molecule has 1 fully saturated rings. The van der Waals surface area contributed by atoms with Gasteiger partial charge in [-0.05, 0) is 12.1 Å². The van der Waals surface area contributed by atoms with Crippen molar-refractivity contribution in [2.24, 2.45) is 0 Å². The van der Waals surface area contributed by atoms with Crippen LogP contribution < -0.4 is 4.90 Å². The number of sulfone groups is 1. The van der Waals surface area contributed by atoms with Gasteiger partial charge in [0.2, 0.25) is 0 Å². The van der Waals surface area contributed by atoms with Gasteiger partial charge in [-0.25, -0.2) is 13.4 Å². The number of hydrogen-bond donors (Lipinski definition) is 0. The summed E-state index contributed by atoms with van der Waals surface area (Å²) < 4.78 is 22.4. The maximum Gasteiger partial charge on any atom is 0.153 e. The molecule has 0 aliphatic carbocycles.